The summed E-state index contributed by atoms with van der Waals surface area (Å²) in [6, 6.07) is 6.91. The summed E-state index contributed by atoms with van der Waals surface area (Å²) in [4.78, 5) is 12.0. The standard InChI is InChI=1S/C14H16O4/c1-16-11-7-5-10(6-8-11)13(15)18-14-9-3-2-4-12(14)17-14/h5-8,12H,2-4,9H2,1H3/t12-,14-/m1/s1. The Labute approximate surface area is 106 Å². The van der Waals surface area contributed by atoms with Crippen LogP contribution >= 0.6 is 0 Å². The molecule has 2 atom stereocenters. The number of hydrogen-bond acceptors (Lipinski definition) is 4. The summed E-state index contributed by atoms with van der Waals surface area (Å²) >= 11 is 0. The molecule has 2 aliphatic rings. The molecule has 96 valence electrons. The maximum absolute atomic E-state index is 12.0. The van der Waals surface area contributed by atoms with Crippen molar-refractivity contribution in [3.8, 4) is 5.75 Å². The fourth-order valence-electron chi connectivity index (χ4n) is 2.49. The number of esters is 1. The topological polar surface area (TPSA) is 48.1 Å². The molecule has 0 bridgehead atoms. The molecule has 18 heavy (non-hydrogen) atoms. The fourth-order valence-corrected chi connectivity index (χ4v) is 2.49. The third-order valence-electron chi connectivity index (χ3n) is 3.61. The Kier molecular flexibility index (Phi) is 2.74. The Hall–Kier alpha value is -1.55. The van der Waals surface area contributed by atoms with E-state index < -0.39 is 5.79 Å². The van der Waals surface area contributed by atoms with Crippen LogP contribution in [0.5, 0.6) is 5.75 Å². The summed E-state index contributed by atoms with van der Waals surface area (Å²) in [6.45, 7) is 0. The summed E-state index contributed by atoms with van der Waals surface area (Å²) in [7, 11) is 1.59. The third kappa shape index (κ3) is 1.97. The molecule has 0 unspecified atom stereocenters. The molecule has 1 saturated heterocycles. The first kappa shape index (κ1) is 11.5. The van der Waals surface area contributed by atoms with Crippen LogP contribution in [0, 0.1) is 0 Å². The molecule has 1 aromatic rings. The lowest BCUT2D eigenvalue weighted by molar-refractivity contribution is -0.0245. The summed E-state index contributed by atoms with van der Waals surface area (Å²) in [5.74, 6) is -0.208. The lowest BCUT2D eigenvalue weighted by atomic mass is 9.98. The fraction of sp³-hybridized carbons (Fsp3) is 0.500. The van der Waals surface area contributed by atoms with Crippen molar-refractivity contribution in [3.05, 3.63) is 29.8 Å². The predicted octanol–water partition coefficient (Wildman–Crippen LogP) is 2.52. The number of rotatable bonds is 3. The molecule has 1 aliphatic carbocycles. The van der Waals surface area contributed by atoms with Gasteiger partial charge in [-0.25, -0.2) is 4.79 Å². The van der Waals surface area contributed by atoms with Crippen LogP contribution in [0.25, 0.3) is 0 Å². The van der Waals surface area contributed by atoms with Gasteiger partial charge in [0.2, 0.25) is 5.79 Å². The highest BCUT2D eigenvalue weighted by molar-refractivity contribution is 5.89. The maximum atomic E-state index is 12.0. The minimum Gasteiger partial charge on any atom is -0.497 e. The van der Waals surface area contributed by atoms with Crippen molar-refractivity contribution in [1.29, 1.82) is 0 Å². The Bertz CT molecular complexity index is 453. The van der Waals surface area contributed by atoms with E-state index in [1.807, 2.05) is 0 Å². The minimum absolute atomic E-state index is 0.119. The van der Waals surface area contributed by atoms with Crippen molar-refractivity contribution in [2.45, 2.75) is 37.6 Å². The first-order chi connectivity index (χ1) is 8.73. The molecule has 0 radical (unpaired) electrons. The Morgan fingerprint density at radius 1 is 1.33 bits per heavy atom. The van der Waals surface area contributed by atoms with Crippen LogP contribution in [0.1, 0.15) is 36.0 Å². The first-order valence-electron chi connectivity index (χ1n) is 6.29. The summed E-state index contributed by atoms with van der Waals surface area (Å²) in [5.41, 5.74) is 0.532. The number of hydrogen-bond donors (Lipinski definition) is 0. The second kappa shape index (κ2) is 4.28. The second-order valence-electron chi connectivity index (χ2n) is 4.78. The molecule has 0 aromatic heterocycles. The molecule has 4 heteroatoms. The van der Waals surface area contributed by atoms with E-state index in [2.05, 4.69) is 0 Å². The summed E-state index contributed by atoms with van der Waals surface area (Å²) in [5, 5.41) is 0. The normalized spacial score (nSPS) is 29.3. The lowest BCUT2D eigenvalue weighted by Gasteiger charge is -2.17. The van der Waals surface area contributed by atoms with Gasteiger partial charge in [-0.15, -0.1) is 0 Å². The number of methoxy groups -OCH3 is 1. The van der Waals surface area contributed by atoms with Gasteiger partial charge in [-0.05, 0) is 37.1 Å². The van der Waals surface area contributed by atoms with Crippen molar-refractivity contribution < 1.29 is 19.0 Å². The van der Waals surface area contributed by atoms with Crippen LogP contribution in [-0.2, 0) is 9.47 Å². The zero-order valence-electron chi connectivity index (χ0n) is 10.3. The number of epoxide rings is 1. The molecular weight excluding hydrogens is 232 g/mol. The van der Waals surface area contributed by atoms with Gasteiger partial charge in [-0.3, -0.25) is 0 Å². The number of fused-ring (bicyclic) bond motifs is 1. The van der Waals surface area contributed by atoms with Gasteiger partial charge < -0.3 is 14.2 Å². The van der Waals surface area contributed by atoms with Crippen molar-refractivity contribution in [1.82, 2.24) is 0 Å². The number of carbonyl (C=O) groups excluding carboxylic acids is 1. The highest BCUT2D eigenvalue weighted by Gasteiger charge is 2.61. The average Bonchev–Trinajstić information content (AvgIpc) is 3.12. The molecule has 0 spiro atoms. The number of benzene rings is 1. The quantitative estimate of drug-likeness (QED) is 0.609. The summed E-state index contributed by atoms with van der Waals surface area (Å²) < 4.78 is 16.1. The molecule has 2 fully saturated rings. The zero-order chi connectivity index (χ0) is 12.6. The van der Waals surface area contributed by atoms with Gasteiger partial charge >= 0.3 is 5.97 Å². The highest BCUT2D eigenvalue weighted by Crippen LogP contribution is 2.48. The monoisotopic (exact) mass is 248 g/mol. The highest BCUT2D eigenvalue weighted by atomic mass is 16.8. The van der Waals surface area contributed by atoms with Gasteiger partial charge in [-0.2, -0.15) is 0 Å². The van der Waals surface area contributed by atoms with Crippen LogP contribution < -0.4 is 4.74 Å². The van der Waals surface area contributed by atoms with Gasteiger partial charge in [0.25, 0.3) is 0 Å². The predicted molar refractivity (Wildman–Crippen MR) is 64.5 cm³/mol. The number of ether oxygens (including phenoxy) is 3. The van der Waals surface area contributed by atoms with Crippen molar-refractivity contribution in [3.63, 3.8) is 0 Å². The number of carbonyl (C=O) groups is 1. The Morgan fingerprint density at radius 3 is 2.78 bits per heavy atom. The van der Waals surface area contributed by atoms with Crippen LogP contribution in [0.3, 0.4) is 0 Å². The van der Waals surface area contributed by atoms with E-state index in [0.717, 1.165) is 31.4 Å². The van der Waals surface area contributed by atoms with Crippen molar-refractivity contribution >= 4 is 5.97 Å². The first-order valence-corrected chi connectivity index (χ1v) is 6.29. The largest absolute Gasteiger partial charge is 0.497 e. The van der Waals surface area contributed by atoms with E-state index >= 15 is 0 Å². The van der Waals surface area contributed by atoms with E-state index in [9.17, 15) is 4.79 Å². The van der Waals surface area contributed by atoms with Crippen molar-refractivity contribution in [2.75, 3.05) is 7.11 Å². The molecule has 1 heterocycles. The van der Waals surface area contributed by atoms with Crippen LogP contribution in [0.15, 0.2) is 24.3 Å². The summed E-state index contributed by atoms with van der Waals surface area (Å²) in [6.07, 6.45) is 4.15. The van der Waals surface area contributed by atoms with Gasteiger partial charge in [0, 0.05) is 6.42 Å². The molecule has 0 amide bonds. The second-order valence-corrected chi connectivity index (χ2v) is 4.78. The van der Waals surface area contributed by atoms with Gasteiger partial charge in [0.1, 0.15) is 11.9 Å². The molecule has 4 nitrogen and oxygen atoms in total. The average molecular weight is 248 g/mol. The smallest absolute Gasteiger partial charge is 0.340 e. The molecule has 0 N–H and O–H groups in total. The van der Waals surface area contributed by atoms with Crippen molar-refractivity contribution in [2.24, 2.45) is 0 Å². The lowest BCUT2D eigenvalue weighted by Crippen LogP contribution is -2.26. The van der Waals surface area contributed by atoms with Crippen LogP contribution in [0.2, 0.25) is 0 Å². The van der Waals surface area contributed by atoms with E-state index in [0.29, 0.717) is 5.56 Å². The van der Waals surface area contributed by atoms with Crippen LogP contribution in [-0.4, -0.2) is 25.0 Å². The van der Waals surface area contributed by atoms with Gasteiger partial charge in [0.15, 0.2) is 0 Å². The van der Waals surface area contributed by atoms with E-state index in [1.54, 1.807) is 31.4 Å². The van der Waals surface area contributed by atoms with Crippen LogP contribution in [0.4, 0.5) is 0 Å². The van der Waals surface area contributed by atoms with E-state index in [4.69, 9.17) is 14.2 Å². The SMILES string of the molecule is COc1ccc(C(=O)O[C@]23CCCC[C@H]2O3)cc1. The van der Waals surface area contributed by atoms with Gasteiger partial charge in [-0.1, -0.05) is 6.42 Å². The van der Waals surface area contributed by atoms with E-state index in [-0.39, 0.29) is 12.1 Å². The van der Waals surface area contributed by atoms with Gasteiger partial charge in [0.05, 0.1) is 12.7 Å². The maximum Gasteiger partial charge on any atom is 0.340 e. The zero-order valence-corrected chi connectivity index (χ0v) is 10.3. The molecule has 1 aliphatic heterocycles. The molecule has 3 rings (SSSR count). The Morgan fingerprint density at radius 2 is 2.11 bits per heavy atom. The third-order valence-corrected chi connectivity index (χ3v) is 3.61. The molecular formula is C14H16O4. The molecule has 1 aromatic carbocycles. The minimum atomic E-state index is -0.616. The van der Waals surface area contributed by atoms with E-state index in [1.165, 1.54) is 0 Å². The molecule has 1 saturated carbocycles. The Balaban J connectivity index is 1.67.